The molecule has 1 aliphatic rings. The van der Waals surface area contributed by atoms with Gasteiger partial charge in [0.25, 0.3) is 0 Å². The van der Waals surface area contributed by atoms with E-state index in [-0.39, 0.29) is 0 Å². The summed E-state index contributed by atoms with van der Waals surface area (Å²) in [5.41, 5.74) is 9.81. The van der Waals surface area contributed by atoms with Gasteiger partial charge in [-0.05, 0) is 45.6 Å². The summed E-state index contributed by atoms with van der Waals surface area (Å²) in [4.78, 5) is 0. The molecule has 2 N–H and O–H groups in total. The Bertz CT molecular complexity index is 341. The second-order valence-electron chi connectivity index (χ2n) is 4.40. The fourth-order valence-electron chi connectivity index (χ4n) is 2.34. The van der Waals surface area contributed by atoms with Crippen molar-refractivity contribution in [1.82, 2.24) is 9.78 Å². The van der Waals surface area contributed by atoms with Crippen LogP contribution in [0.3, 0.4) is 0 Å². The smallest absolute Gasteiger partial charge is 0.0673 e. The fourth-order valence-corrected chi connectivity index (χ4v) is 2.34. The molecule has 3 heteroatoms. The Kier molecular flexibility index (Phi) is 2.35. The van der Waals surface area contributed by atoms with Crippen molar-refractivity contribution < 1.29 is 0 Å². The van der Waals surface area contributed by atoms with Gasteiger partial charge in [-0.3, -0.25) is 4.68 Å². The number of hydrogen-bond donors (Lipinski definition) is 1. The molecule has 1 saturated carbocycles. The minimum absolute atomic E-state index is 0.299. The summed E-state index contributed by atoms with van der Waals surface area (Å²) in [6.45, 7) is 6.34. The summed E-state index contributed by atoms with van der Waals surface area (Å²) in [5, 5.41) is 4.58. The molecule has 1 aromatic heterocycles. The van der Waals surface area contributed by atoms with Crippen LogP contribution in [0.5, 0.6) is 0 Å². The second kappa shape index (κ2) is 3.39. The molecule has 0 bridgehead atoms. The topological polar surface area (TPSA) is 43.8 Å². The van der Waals surface area contributed by atoms with Gasteiger partial charge in [0.05, 0.1) is 11.7 Å². The molecule has 3 nitrogen and oxygen atoms in total. The van der Waals surface area contributed by atoms with Crippen LogP contribution in [-0.4, -0.2) is 15.8 Å². The molecule has 1 aromatic rings. The van der Waals surface area contributed by atoms with Gasteiger partial charge >= 0.3 is 0 Å². The molecule has 2 rings (SSSR count). The molecule has 14 heavy (non-hydrogen) atoms. The van der Waals surface area contributed by atoms with Crippen molar-refractivity contribution in [2.24, 2.45) is 5.73 Å². The van der Waals surface area contributed by atoms with Crippen LogP contribution in [0.15, 0.2) is 0 Å². The number of nitrogens with two attached hydrogens (primary N) is 1. The third-order valence-electron chi connectivity index (χ3n) is 3.53. The summed E-state index contributed by atoms with van der Waals surface area (Å²) < 4.78 is 2.14. The molecule has 0 spiro atoms. The maximum absolute atomic E-state index is 6.08. The predicted octanol–water partition coefficient (Wildman–Crippen LogP) is 1.86. The van der Waals surface area contributed by atoms with E-state index in [1.54, 1.807) is 0 Å². The lowest BCUT2D eigenvalue weighted by atomic mass is 10.1. The highest BCUT2D eigenvalue weighted by Crippen LogP contribution is 2.30. The highest BCUT2D eigenvalue weighted by Gasteiger charge is 2.27. The van der Waals surface area contributed by atoms with Crippen molar-refractivity contribution in [2.75, 3.05) is 0 Å². The van der Waals surface area contributed by atoms with Gasteiger partial charge in [-0.2, -0.15) is 5.10 Å². The van der Waals surface area contributed by atoms with Gasteiger partial charge < -0.3 is 5.73 Å². The van der Waals surface area contributed by atoms with E-state index in [1.807, 2.05) is 0 Å². The normalized spacial score (nSPS) is 27.1. The van der Waals surface area contributed by atoms with Crippen LogP contribution in [0.25, 0.3) is 0 Å². The van der Waals surface area contributed by atoms with E-state index >= 15 is 0 Å². The third-order valence-corrected chi connectivity index (χ3v) is 3.53. The highest BCUT2D eigenvalue weighted by molar-refractivity contribution is 5.23. The maximum atomic E-state index is 6.08. The third kappa shape index (κ3) is 1.36. The Labute approximate surface area is 85.3 Å². The van der Waals surface area contributed by atoms with Gasteiger partial charge in [0.2, 0.25) is 0 Å². The Morgan fingerprint density at radius 2 is 2.00 bits per heavy atom. The minimum atomic E-state index is 0.299. The van der Waals surface area contributed by atoms with Crippen LogP contribution in [0.1, 0.15) is 42.3 Å². The van der Waals surface area contributed by atoms with Crippen molar-refractivity contribution in [3.8, 4) is 0 Å². The number of aryl methyl sites for hydroxylation is 1. The van der Waals surface area contributed by atoms with E-state index < -0.39 is 0 Å². The van der Waals surface area contributed by atoms with Crippen LogP contribution in [0.2, 0.25) is 0 Å². The van der Waals surface area contributed by atoms with Gasteiger partial charge in [-0.1, -0.05) is 0 Å². The Hall–Kier alpha value is -0.830. The van der Waals surface area contributed by atoms with Crippen LogP contribution in [-0.2, 0) is 0 Å². The van der Waals surface area contributed by atoms with Crippen molar-refractivity contribution in [1.29, 1.82) is 0 Å². The molecule has 0 aliphatic heterocycles. The van der Waals surface area contributed by atoms with Crippen LogP contribution in [0.4, 0.5) is 0 Å². The number of rotatable bonds is 1. The summed E-state index contributed by atoms with van der Waals surface area (Å²) in [6.07, 6.45) is 3.56. The first-order valence-corrected chi connectivity index (χ1v) is 5.39. The molecule has 0 radical (unpaired) electrons. The molecule has 2 atom stereocenters. The average molecular weight is 193 g/mol. The van der Waals surface area contributed by atoms with E-state index in [1.165, 1.54) is 24.1 Å². The Morgan fingerprint density at radius 1 is 1.29 bits per heavy atom. The lowest BCUT2D eigenvalue weighted by molar-refractivity contribution is 0.412. The van der Waals surface area contributed by atoms with Crippen molar-refractivity contribution >= 4 is 0 Å². The van der Waals surface area contributed by atoms with E-state index in [2.05, 4.69) is 30.6 Å². The summed E-state index contributed by atoms with van der Waals surface area (Å²) in [6, 6.07) is 0.731. The fraction of sp³-hybridized carbons (Fsp3) is 0.727. The average Bonchev–Trinajstić information content (AvgIpc) is 2.66. The molecule has 1 heterocycles. The Balaban J connectivity index is 2.36. The SMILES string of the molecule is Cc1nn(C2CCCC2N)c(C)c1C. The zero-order chi connectivity index (χ0) is 10.3. The van der Waals surface area contributed by atoms with E-state index in [4.69, 9.17) is 5.73 Å². The molecule has 78 valence electrons. The van der Waals surface area contributed by atoms with Crippen molar-refractivity contribution in [2.45, 2.75) is 52.1 Å². The quantitative estimate of drug-likeness (QED) is 0.740. The molecular formula is C11H19N3. The monoisotopic (exact) mass is 193 g/mol. The van der Waals surface area contributed by atoms with Gasteiger partial charge in [0.15, 0.2) is 0 Å². The predicted molar refractivity (Wildman–Crippen MR) is 57.3 cm³/mol. The molecular weight excluding hydrogens is 174 g/mol. The number of aromatic nitrogens is 2. The number of hydrogen-bond acceptors (Lipinski definition) is 2. The van der Waals surface area contributed by atoms with Crippen LogP contribution in [0, 0.1) is 20.8 Å². The standard InChI is InChI=1S/C11H19N3/c1-7-8(2)13-14(9(7)3)11-6-4-5-10(11)12/h10-11H,4-6,12H2,1-3H3. The zero-order valence-electron chi connectivity index (χ0n) is 9.25. The largest absolute Gasteiger partial charge is 0.326 e. The van der Waals surface area contributed by atoms with Crippen LogP contribution < -0.4 is 5.73 Å². The molecule has 0 aromatic carbocycles. The van der Waals surface area contributed by atoms with Gasteiger partial charge in [0, 0.05) is 11.7 Å². The molecule has 1 fully saturated rings. The molecule has 2 unspecified atom stereocenters. The lowest BCUT2D eigenvalue weighted by Crippen LogP contribution is -2.28. The number of nitrogens with zero attached hydrogens (tertiary/aromatic N) is 2. The summed E-state index contributed by atoms with van der Waals surface area (Å²) in [5.74, 6) is 0. The van der Waals surface area contributed by atoms with Crippen molar-refractivity contribution in [3.05, 3.63) is 17.0 Å². The lowest BCUT2D eigenvalue weighted by Gasteiger charge is -2.17. The zero-order valence-corrected chi connectivity index (χ0v) is 9.25. The Morgan fingerprint density at radius 3 is 2.43 bits per heavy atom. The molecule has 1 aliphatic carbocycles. The van der Waals surface area contributed by atoms with Gasteiger partial charge in [-0.15, -0.1) is 0 Å². The van der Waals surface area contributed by atoms with Gasteiger partial charge in [0.1, 0.15) is 0 Å². The first kappa shape index (κ1) is 9.71. The second-order valence-corrected chi connectivity index (χ2v) is 4.40. The summed E-state index contributed by atoms with van der Waals surface area (Å²) in [7, 11) is 0. The molecule has 0 saturated heterocycles. The maximum Gasteiger partial charge on any atom is 0.0673 e. The molecule has 0 amide bonds. The van der Waals surface area contributed by atoms with E-state index in [0.29, 0.717) is 12.1 Å². The van der Waals surface area contributed by atoms with Gasteiger partial charge in [-0.25, -0.2) is 0 Å². The van der Waals surface area contributed by atoms with E-state index in [9.17, 15) is 0 Å². The minimum Gasteiger partial charge on any atom is -0.326 e. The van der Waals surface area contributed by atoms with Crippen LogP contribution >= 0.6 is 0 Å². The highest BCUT2D eigenvalue weighted by atomic mass is 15.3. The van der Waals surface area contributed by atoms with E-state index in [0.717, 1.165) is 12.1 Å². The summed E-state index contributed by atoms with van der Waals surface area (Å²) >= 11 is 0. The van der Waals surface area contributed by atoms with Crippen molar-refractivity contribution in [3.63, 3.8) is 0 Å². The first-order chi connectivity index (χ1) is 6.61. The first-order valence-electron chi connectivity index (χ1n) is 5.39.